The molecule has 0 radical (unpaired) electrons. The molecular formula is C13H16ClN. The largest absolute Gasteiger partial charge is 0.363 e. The van der Waals surface area contributed by atoms with Crippen molar-refractivity contribution in [1.82, 2.24) is 0 Å². The molecule has 0 aliphatic heterocycles. The van der Waals surface area contributed by atoms with E-state index in [1.807, 2.05) is 24.3 Å². The summed E-state index contributed by atoms with van der Waals surface area (Å²) in [5, 5.41) is 0.777. The Morgan fingerprint density at radius 1 is 1.27 bits per heavy atom. The molecule has 0 heterocycles. The Labute approximate surface area is 96.7 Å². The monoisotopic (exact) mass is 221 g/mol. The van der Waals surface area contributed by atoms with E-state index in [2.05, 4.69) is 31.0 Å². The fourth-order valence-electron chi connectivity index (χ4n) is 1.59. The number of aryl methyl sites for hydroxylation is 1. The molecule has 0 bridgehead atoms. The average molecular weight is 222 g/mol. The molecule has 0 saturated carbocycles. The fourth-order valence-corrected chi connectivity index (χ4v) is 1.93. The molecule has 0 fully saturated rings. The molecule has 1 aromatic carbocycles. The van der Waals surface area contributed by atoms with Crippen LogP contribution in [0.25, 0.3) is 0 Å². The second-order valence-electron chi connectivity index (χ2n) is 3.39. The van der Waals surface area contributed by atoms with Crippen LogP contribution in [-0.2, 0) is 0 Å². The molecule has 1 nitrogen and oxygen atoms in total. The topological polar surface area (TPSA) is 3.24 Å². The molecule has 0 aliphatic carbocycles. The maximum absolute atomic E-state index is 6.19. The third-order valence-electron chi connectivity index (χ3n) is 2.20. The van der Waals surface area contributed by atoms with Crippen molar-refractivity contribution in [1.29, 1.82) is 0 Å². The summed E-state index contributed by atoms with van der Waals surface area (Å²) < 4.78 is 0. The standard InChI is InChI=1S/C13H16ClN/c1-4-9-15(10-5-2)13-11(3)7-6-8-12(13)14/h4-8H,1-2,9-10H2,3H3. The van der Waals surface area contributed by atoms with Gasteiger partial charge in [0.05, 0.1) is 10.7 Å². The lowest BCUT2D eigenvalue weighted by molar-refractivity contribution is 0.950. The van der Waals surface area contributed by atoms with Crippen LogP contribution in [0.2, 0.25) is 5.02 Å². The summed E-state index contributed by atoms with van der Waals surface area (Å²) in [6.45, 7) is 11.1. The van der Waals surface area contributed by atoms with Gasteiger partial charge >= 0.3 is 0 Å². The maximum Gasteiger partial charge on any atom is 0.0642 e. The Morgan fingerprint density at radius 2 is 1.87 bits per heavy atom. The summed E-state index contributed by atoms with van der Waals surface area (Å²) >= 11 is 6.19. The van der Waals surface area contributed by atoms with Crippen LogP contribution in [0, 0.1) is 6.92 Å². The van der Waals surface area contributed by atoms with Crippen LogP contribution in [0.15, 0.2) is 43.5 Å². The maximum atomic E-state index is 6.19. The first-order valence-electron chi connectivity index (χ1n) is 4.92. The van der Waals surface area contributed by atoms with Gasteiger partial charge in [-0.2, -0.15) is 0 Å². The summed E-state index contributed by atoms with van der Waals surface area (Å²) in [5.41, 5.74) is 2.24. The summed E-state index contributed by atoms with van der Waals surface area (Å²) in [6.07, 6.45) is 3.73. The quantitative estimate of drug-likeness (QED) is 0.684. The van der Waals surface area contributed by atoms with Gasteiger partial charge in [-0.3, -0.25) is 0 Å². The van der Waals surface area contributed by atoms with Crippen molar-refractivity contribution >= 4 is 17.3 Å². The van der Waals surface area contributed by atoms with E-state index in [9.17, 15) is 0 Å². The van der Waals surface area contributed by atoms with E-state index in [4.69, 9.17) is 11.6 Å². The van der Waals surface area contributed by atoms with Gasteiger partial charge in [0.25, 0.3) is 0 Å². The summed E-state index contributed by atoms with van der Waals surface area (Å²) in [4.78, 5) is 2.15. The Bertz CT molecular complexity index is 327. The highest BCUT2D eigenvalue weighted by atomic mass is 35.5. The van der Waals surface area contributed by atoms with E-state index in [-0.39, 0.29) is 0 Å². The molecule has 0 atom stereocenters. The summed E-state index contributed by atoms with van der Waals surface area (Å²) in [5.74, 6) is 0. The van der Waals surface area contributed by atoms with Crippen LogP contribution in [0.5, 0.6) is 0 Å². The number of anilines is 1. The molecule has 0 spiro atoms. The number of rotatable bonds is 5. The second kappa shape index (κ2) is 5.62. The van der Waals surface area contributed by atoms with E-state index in [0.717, 1.165) is 23.8 Å². The third kappa shape index (κ3) is 2.87. The van der Waals surface area contributed by atoms with E-state index in [0.29, 0.717) is 0 Å². The first kappa shape index (κ1) is 11.9. The highest BCUT2D eigenvalue weighted by Crippen LogP contribution is 2.29. The minimum Gasteiger partial charge on any atom is -0.363 e. The number of benzene rings is 1. The number of halogens is 1. The van der Waals surface area contributed by atoms with Gasteiger partial charge in [0, 0.05) is 13.1 Å². The average Bonchev–Trinajstić information content (AvgIpc) is 2.18. The minimum absolute atomic E-state index is 0.774. The molecule has 2 heteroatoms. The summed E-state index contributed by atoms with van der Waals surface area (Å²) in [7, 11) is 0. The lowest BCUT2D eigenvalue weighted by Crippen LogP contribution is -2.24. The zero-order valence-corrected chi connectivity index (χ0v) is 9.80. The van der Waals surface area contributed by atoms with Gasteiger partial charge in [0.1, 0.15) is 0 Å². The van der Waals surface area contributed by atoms with Gasteiger partial charge in [-0.25, -0.2) is 0 Å². The van der Waals surface area contributed by atoms with Crippen molar-refractivity contribution in [2.45, 2.75) is 6.92 Å². The number of nitrogens with zero attached hydrogens (tertiary/aromatic N) is 1. The first-order valence-corrected chi connectivity index (χ1v) is 5.30. The van der Waals surface area contributed by atoms with Crippen LogP contribution in [0.4, 0.5) is 5.69 Å². The fraction of sp³-hybridized carbons (Fsp3) is 0.231. The second-order valence-corrected chi connectivity index (χ2v) is 3.79. The lowest BCUT2D eigenvalue weighted by Gasteiger charge is -2.24. The van der Waals surface area contributed by atoms with E-state index in [1.165, 1.54) is 5.56 Å². The van der Waals surface area contributed by atoms with E-state index in [1.54, 1.807) is 0 Å². The Hall–Kier alpha value is -1.21. The van der Waals surface area contributed by atoms with Crippen molar-refractivity contribution in [3.63, 3.8) is 0 Å². The Balaban J connectivity index is 3.08. The van der Waals surface area contributed by atoms with Crippen molar-refractivity contribution in [3.8, 4) is 0 Å². The van der Waals surface area contributed by atoms with Crippen molar-refractivity contribution < 1.29 is 0 Å². The molecule has 1 aromatic rings. The van der Waals surface area contributed by atoms with Gasteiger partial charge in [0.2, 0.25) is 0 Å². The third-order valence-corrected chi connectivity index (χ3v) is 2.51. The molecule has 0 amide bonds. The minimum atomic E-state index is 0.774. The molecule has 0 saturated heterocycles. The predicted molar refractivity (Wildman–Crippen MR) is 68.8 cm³/mol. The zero-order valence-electron chi connectivity index (χ0n) is 9.04. The van der Waals surface area contributed by atoms with Crippen LogP contribution in [0.1, 0.15) is 5.56 Å². The van der Waals surface area contributed by atoms with Gasteiger partial charge in [-0.15, -0.1) is 13.2 Å². The number of para-hydroxylation sites is 1. The molecule has 0 unspecified atom stereocenters. The molecule has 0 aromatic heterocycles. The SMILES string of the molecule is C=CCN(CC=C)c1c(C)cccc1Cl. The molecule has 0 aliphatic rings. The van der Waals surface area contributed by atoms with E-state index < -0.39 is 0 Å². The zero-order chi connectivity index (χ0) is 11.3. The van der Waals surface area contributed by atoms with Crippen LogP contribution in [0.3, 0.4) is 0 Å². The van der Waals surface area contributed by atoms with Crippen LogP contribution in [-0.4, -0.2) is 13.1 Å². The normalized spacial score (nSPS) is 9.73. The number of hydrogen-bond acceptors (Lipinski definition) is 1. The Morgan fingerprint density at radius 3 is 2.33 bits per heavy atom. The van der Waals surface area contributed by atoms with Gasteiger partial charge in [-0.05, 0) is 18.6 Å². The highest BCUT2D eigenvalue weighted by Gasteiger charge is 2.09. The van der Waals surface area contributed by atoms with Crippen LogP contribution < -0.4 is 4.90 Å². The van der Waals surface area contributed by atoms with Gasteiger partial charge in [0.15, 0.2) is 0 Å². The molecular weight excluding hydrogens is 206 g/mol. The van der Waals surface area contributed by atoms with Crippen molar-refractivity contribution in [2.24, 2.45) is 0 Å². The molecule has 0 N–H and O–H groups in total. The first-order chi connectivity index (χ1) is 7.20. The lowest BCUT2D eigenvalue weighted by atomic mass is 10.1. The number of hydrogen-bond donors (Lipinski definition) is 0. The molecule has 80 valence electrons. The molecule has 1 rings (SSSR count). The van der Waals surface area contributed by atoms with Crippen molar-refractivity contribution in [3.05, 3.63) is 54.1 Å². The van der Waals surface area contributed by atoms with Gasteiger partial charge in [-0.1, -0.05) is 35.9 Å². The van der Waals surface area contributed by atoms with Crippen LogP contribution >= 0.6 is 11.6 Å². The van der Waals surface area contributed by atoms with E-state index >= 15 is 0 Å². The predicted octanol–water partition coefficient (Wildman–Crippen LogP) is 3.83. The van der Waals surface area contributed by atoms with Crippen molar-refractivity contribution in [2.75, 3.05) is 18.0 Å². The van der Waals surface area contributed by atoms with Gasteiger partial charge < -0.3 is 4.90 Å². The Kier molecular flexibility index (Phi) is 4.44. The molecule has 15 heavy (non-hydrogen) atoms. The smallest absolute Gasteiger partial charge is 0.0642 e. The highest BCUT2D eigenvalue weighted by molar-refractivity contribution is 6.33. The summed E-state index contributed by atoms with van der Waals surface area (Å²) in [6, 6.07) is 5.92.